The van der Waals surface area contributed by atoms with E-state index in [4.69, 9.17) is 21.3 Å². The second-order valence-electron chi connectivity index (χ2n) is 13.4. The molecule has 1 amide bonds. The van der Waals surface area contributed by atoms with E-state index in [-0.39, 0.29) is 41.8 Å². The standard InChI is InChI=1S/C36H36ClF2N7O2/c1-44(25-12-16-45(20-25)29(47)10-9-24-11-14-40-24)34-27-18-41-32(26-7-2-5-22-6-3-8-28(37)30(22)26)31(39)33(27)42-35(43-34)48-21-36-13-4-15-46(36)19-23(38)17-36/h2-3,5-8,18,23-25,40H,4,11-17,19-21H2,1H3/t23-,24?,25-,36+/m1/s1. The Balaban J connectivity index is 1.16. The van der Waals surface area contributed by atoms with Crippen molar-refractivity contribution in [2.24, 2.45) is 0 Å². The maximum Gasteiger partial charge on any atom is 0.319 e. The molecule has 0 saturated carbocycles. The van der Waals surface area contributed by atoms with Gasteiger partial charge in [0.1, 0.15) is 29.8 Å². The predicted molar refractivity (Wildman–Crippen MR) is 181 cm³/mol. The molecular formula is C36H36ClF2N7O2. The fourth-order valence-electron chi connectivity index (χ4n) is 7.74. The number of halogens is 3. The molecule has 12 heteroatoms. The van der Waals surface area contributed by atoms with Crippen molar-refractivity contribution in [3.63, 3.8) is 0 Å². The number of likely N-dealkylation sites (N-methyl/N-ethyl adjacent to an activating group) is 1. The quantitative estimate of drug-likeness (QED) is 0.287. The monoisotopic (exact) mass is 671 g/mol. The SMILES string of the molecule is CN(c1nc(OC[C@@]23CCCN2C[C@H](F)C3)nc2c(F)c(-c3cccc4cccc(Cl)c34)ncc12)[C@@H]1CCN(C(=O)C#CC2CCN2)C1. The molecule has 4 aliphatic heterocycles. The average molecular weight is 672 g/mol. The zero-order valence-electron chi connectivity index (χ0n) is 26.7. The van der Waals surface area contributed by atoms with E-state index in [2.05, 4.69) is 32.0 Å². The van der Waals surface area contributed by atoms with E-state index in [0.29, 0.717) is 59.7 Å². The summed E-state index contributed by atoms with van der Waals surface area (Å²) < 4.78 is 37.6. The summed E-state index contributed by atoms with van der Waals surface area (Å²) >= 11 is 6.61. The first-order chi connectivity index (χ1) is 23.3. The third kappa shape index (κ3) is 5.50. The first-order valence-electron chi connectivity index (χ1n) is 16.6. The molecule has 2 aromatic heterocycles. The zero-order valence-corrected chi connectivity index (χ0v) is 27.4. The van der Waals surface area contributed by atoms with E-state index in [1.807, 2.05) is 36.2 Å². The van der Waals surface area contributed by atoms with Gasteiger partial charge < -0.3 is 19.9 Å². The highest BCUT2D eigenvalue weighted by Gasteiger charge is 2.49. The molecule has 4 fully saturated rings. The number of fused-ring (bicyclic) bond motifs is 3. The van der Waals surface area contributed by atoms with Crippen molar-refractivity contribution >= 4 is 45.0 Å². The van der Waals surface area contributed by atoms with Gasteiger partial charge in [-0.2, -0.15) is 9.97 Å². The van der Waals surface area contributed by atoms with Gasteiger partial charge in [-0.05, 0) is 56.1 Å². The van der Waals surface area contributed by atoms with Crippen LogP contribution in [0.25, 0.3) is 32.9 Å². The number of amides is 1. The summed E-state index contributed by atoms with van der Waals surface area (Å²) in [5.41, 5.74) is 0.315. The second kappa shape index (κ2) is 12.4. The van der Waals surface area contributed by atoms with E-state index in [0.717, 1.165) is 37.7 Å². The maximum atomic E-state index is 16.8. The first kappa shape index (κ1) is 31.2. The molecule has 9 nitrogen and oxygen atoms in total. The number of ether oxygens (including phenoxy) is 1. The van der Waals surface area contributed by atoms with Crippen LogP contribution in [-0.2, 0) is 4.79 Å². The Morgan fingerprint density at radius 1 is 1.19 bits per heavy atom. The van der Waals surface area contributed by atoms with Crippen LogP contribution in [-0.4, -0.2) is 101 Å². The molecule has 4 aliphatic rings. The Bertz CT molecular complexity index is 1980. The van der Waals surface area contributed by atoms with Crippen molar-refractivity contribution in [2.75, 3.05) is 51.3 Å². The Labute approximate surface area is 282 Å². The molecule has 1 unspecified atom stereocenters. The van der Waals surface area contributed by atoms with Gasteiger partial charge in [-0.25, -0.2) is 8.78 Å². The lowest BCUT2D eigenvalue weighted by Gasteiger charge is -2.31. The number of carbonyl (C=O) groups excluding carboxylic acids is 1. The first-order valence-corrected chi connectivity index (χ1v) is 17.0. The zero-order chi connectivity index (χ0) is 33.0. The van der Waals surface area contributed by atoms with Gasteiger partial charge in [0, 0.05) is 61.3 Å². The van der Waals surface area contributed by atoms with Crippen LogP contribution in [0.2, 0.25) is 5.02 Å². The molecule has 48 heavy (non-hydrogen) atoms. The summed E-state index contributed by atoms with van der Waals surface area (Å²) in [6.07, 6.45) is 4.51. The minimum Gasteiger partial charge on any atom is -0.461 e. The summed E-state index contributed by atoms with van der Waals surface area (Å²) in [4.78, 5) is 32.8. The molecule has 0 spiro atoms. The van der Waals surface area contributed by atoms with E-state index >= 15 is 4.39 Å². The third-order valence-electron chi connectivity index (χ3n) is 10.5. The topological polar surface area (TPSA) is 86.7 Å². The fourth-order valence-corrected chi connectivity index (χ4v) is 8.02. The molecule has 0 bridgehead atoms. The molecule has 8 rings (SSSR count). The molecular weight excluding hydrogens is 636 g/mol. The molecule has 4 aromatic rings. The molecule has 1 N–H and O–H groups in total. The summed E-state index contributed by atoms with van der Waals surface area (Å²) in [5, 5.41) is 5.67. The molecule has 4 atom stereocenters. The van der Waals surface area contributed by atoms with E-state index in [9.17, 15) is 9.18 Å². The van der Waals surface area contributed by atoms with Gasteiger partial charge in [-0.15, -0.1) is 0 Å². The van der Waals surface area contributed by atoms with Crippen LogP contribution in [0.15, 0.2) is 42.6 Å². The number of alkyl halides is 1. The number of hydrogen-bond donors (Lipinski definition) is 1. The summed E-state index contributed by atoms with van der Waals surface area (Å²) in [6, 6.07) is 11.1. The number of nitrogens with one attached hydrogen (secondary N) is 1. The summed E-state index contributed by atoms with van der Waals surface area (Å²) in [5.74, 6) is 5.42. The Morgan fingerprint density at radius 2 is 2.02 bits per heavy atom. The highest BCUT2D eigenvalue weighted by atomic mass is 35.5. The van der Waals surface area contributed by atoms with Crippen molar-refractivity contribution in [1.82, 2.24) is 30.1 Å². The van der Waals surface area contributed by atoms with Crippen LogP contribution < -0.4 is 15.0 Å². The van der Waals surface area contributed by atoms with Gasteiger partial charge in [-0.1, -0.05) is 47.9 Å². The second-order valence-corrected chi connectivity index (χ2v) is 13.8. The van der Waals surface area contributed by atoms with Gasteiger partial charge in [0.05, 0.1) is 17.0 Å². The number of likely N-dealkylation sites (tertiary alicyclic amines) is 1. The van der Waals surface area contributed by atoms with Crippen LogP contribution in [0.5, 0.6) is 6.01 Å². The number of pyridine rings is 1. The van der Waals surface area contributed by atoms with Gasteiger partial charge in [0.25, 0.3) is 5.91 Å². The maximum absolute atomic E-state index is 16.8. The Hall–Kier alpha value is -4.11. The number of aromatic nitrogens is 3. The predicted octanol–water partition coefficient (Wildman–Crippen LogP) is 5.00. The van der Waals surface area contributed by atoms with Crippen molar-refractivity contribution < 1.29 is 18.3 Å². The number of hydrogen-bond acceptors (Lipinski definition) is 8. The smallest absolute Gasteiger partial charge is 0.319 e. The van der Waals surface area contributed by atoms with E-state index in [1.54, 1.807) is 23.2 Å². The third-order valence-corrected chi connectivity index (χ3v) is 10.8. The highest BCUT2D eigenvalue weighted by Crippen LogP contribution is 2.41. The molecule has 0 aliphatic carbocycles. The number of anilines is 1. The number of nitrogens with zero attached hydrogens (tertiary/aromatic N) is 6. The van der Waals surface area contributed by atoms with Crippen molar-refractivity contribution in [2.45, 2.75) is 55.9 Å². The number of benzene rings is 2. The van der Waals surface area contributed by atoms with Gasteiger partial charge in [0.2, 0.25) is 0 Å². The fraction of sp³-hybridized carbons (Fsp3) is 0.444. The minimum atomic E-state index is -0.908. The van der Waals surface area contributed by atoms with Crippen LogP contribution in [0, 0.1) is 17.7 Å². The average Bonchev–Trinajstić information content (AvgIpc) is 3.78. The lowest BCUT2D eigenvalue weighted by atomic mass is 9.95. The van der Waals surface area contributed by atoms with Crippen LogP contribution in [0.1, 0.15) is 32.1 Å². The highest BCUT2D eigenvalue weighted by molar-refractivity contribution is 6.36. The molecule has 248 valence electrons. The molecule has 0 radical (unpaired) electrons. The van der Waals surface area contributed by atoms with Gasteiger partial charge in [0.15, 0.2) is 5.82 Å². The van der Waals surface area contributed by atoms with Crippen molar-refractivity contribution in [3.05, 3.63) is 53.4 Å². The summed E-state index contributed by atoms with van der Waals surface area (Å²) in [7, 11) is 1.88. The Kier molecular flexibility index (Phi) is 8.06. The van der Waals surface area contributed by atoms with Crippen LogP contribution in [0.3, 0.4) is 0 Å². The van der Waals surface area contributed by atoms with Gasteiger partial charge in [-0.3, -0.25) is 14.7 Å². The van der Waals surface area contributed by atoms with Crippen LogP contribution >= 0.6 is 11.6 Å². The lowest BCUT2D eigenvalue weighted by molar-refractivity contribution is -0.124. The number of carbonyl (C=O) groups is 1. The molecule has 2 aromatic carbocycles. The van der Waals surface area contributed by atoms with E-state index < -0.39 is 17.5 Å². The number of rotatable bonds is 6. The minimum absolute atomic E-state index is 0.0182. The van der Waals surface area contributed by atoms with Crippen molar-refractivity contribution in [3.8, 4) is 29.1 Å². The molecule has 6 heterocycles. The lowest BCUT2D eigenvalue weighted by Crippen LogP contribution is -2.43. The molecule has 4 saturated heterocycles. The normalized spacial score (nSPS) is 25.2. The van der Waals surface area contributed by atoms with E-state index in [1.165, 1.54) is 0 Å². The summed E-state index contributed by atoms with van der Waals surface area (Å²) in [6.45, 7) is 3.35. The Morgan fingerprint density at radius 3 is 2.83 bits per heavy atom. The van der Waals surface area contributed by atoms with Crippen molar-refractivity contribution in [1.29, 1.82) is 0 Å². The van der Waals surface area contributed by atoms with Gasteiger partial charge >= 0.3 is 6.01 Å². The largest absolute Gasteiger partial charge is 0.461 e. The van der Waals surface area contributed by atoms with Crippen LogP contribution in [0.4, 0.5) is 14.6 Å².